The van der Waals surface area contributed by atoms with Crippen molar-refractivity contribution in [2.75, 3.05) is 30.9 Å². The van der Waals surface area contributed by atoms with E-state index in [1.54, 1.807) is 0 Å². The summed E-state index contributed by atoms with van der Waals surface area (Å²) in [6.45, 7) is 6.11. The van der Waals surface area contributed by atoms with E-state index in [0.717, 1.165) is 49.4 Å². The summed E-state index contributed by atoms with van der Waals surface area (Å²) in [4.78, 5) is 11.9. The molecule has 6 heteroatoms. The Morgan fingerprint density at radius 3 is 2.42 bits per heavy atom. The van der Waals surface area contributed by atoms with Gasteiger partial charge in [-0.05, 0) is 95.4 Å². The predicted octanol–water partition coefficient (Wildman–Crippen LogP) is 4.97. The monoisotopic (exact) mass is 451 g/mol. The van der Waals surface area contributed by atoms with Gasteiger partial charge in [0.25, 0.3) is 0 Å². The molecular formula is C27H41N5O. The second-order valence-corrected chi connectivity index (χ2v) is 10.2. The second kappa shape index (κ2) is 11.2. The number of ether oxygens (including phenoxy) is 1. The van der Waals surface area contributed by atoms with E-state index in [1.165, 1.54) is 55.3 Å². The maximum absolute atomic E-state index is 5.73. The van der Waals surface area contributed by atoms with Crippen molar-refractivity contribution < 1.29 is 4.74 Å². The molecule has 1 heterocycles. The fraction of sp³-hybridized carbons (Fsp3) is 0.630. The van der Waals surface area contributed by atoms with Crippen LogP contribution in [0.5, 0.6) is 5.75 Å². The third-order valence-electron chi connectivity index (χ3n) is 6.82. The van der Waals surface area contributed by atoms with Crippen molar-refractivity contribution in [1.82, 2.24) is 15.3 Å². The highest BCUT2D eigenvalue weighted by Gasteiger charge is 2.24. The molecule has 33 heavy (non-hydrogen) atoms. The summed E-state index contributed by atoms with van der Waals surface area (Å²) in [7, 11) is 4.18. The number of rotatable bonds is 9. The van der Waals surface area contributed by atoms with Crippen molar-refractivity contribution in [3.05, 3.63) is 41.1 Å². The number of aromatic nitrogens is 2. The molecule has 0 atom stereocenters. The number of anilines is 2. The largest absolute Gasteiger partial charge is 0.491 e. The molecule has 0 spiro atoms. The number of nitrogens with zero attached hydrogens (tertiary/aromatic N) is 3. The fourth-order valence-corrected chi connectivity index (χ4v) is 5.08. The number of nitrogens with one attached hydrogen (secondary N) is 2. The molecule has 6 nitrogen and oxygen atoms in total. The van der Waals surface area contributed by atoms with Crippen LogP contribution in [0, 0.1) is 5.92 Å². The predicted molar refractivity (Wildman–Crippen MR) is 136 cm³/mol. The van der Waals surface area contributed by atoms with Gasteiger partial charge in [0.05, 0.1) is 11.8 Å². The molecule has 4 rings (SSSR count). The molecule has 0 saturated heterocycles. The minimum absolute atomic E-state index is 0.215. The SMILES string of the molecule is CC(C)Oc1ccc(CNC[C@H]2CC[C@@H](Nc3nc4c(c(N(C)C)n3)CCCC4)CC2)cc1. The minimum atomic E-state index is 0.215. The molecule has 0 aliphatic heterocycles. The van der Waals surface area contributed by atoms with Crippen LogP contribution < -0.4 is 20.3 Å². The van der Waals surface area contributed by atoms with Crippen molar-refractivity contribution in [3.63, 3.8) is 0 Å². The summed E-state index contributed by atoms with van der Waals surface area (Å²) in [6.07, 6.45) is 9.76. The summed E-state index contributed by atoms with van der Waals surface area (Å²) in [5, 5.41) is 7.33. The third kappa shape index (κ3) is 6.59. The average molecular weight is 452 g/mol. The topological polar surface area (TPSA) is 62.3 Å². The first-order valence-corrected chi connectivity index (χ1v) is 12.8. The lowest BCUT2D eigenvalue weighted by Gasteiger charge is -2.30. The number of benzene rings is 1. The first-order valence-electron chi connectivity index (χ1n) is 12.8. The van der Waals surface area contributed by atoms with Gasteiger partial charge in [-0.25, -0.2) is 4.98 Å². The lowest BCUT2D eigenvalue weighted by molar-refractivity contribution is 0.242. The highest BCUT2D eigenvalue weighted by molar-refractivity contribution is 5.52. The molecule has 2 N–H and O–H groups in total. The van der Waals surface area contributed by atoms with Crippen molar-refractivity contribution in [3.8, 4) is 5.75 Å². The molecule has 0 bridgehead atoms. The number of hydrogen-bond acceptors (Lipinski definition) is 6. The Bertz CT molecular complexity index is 888. The Morgan fingerprint density at radius 1 is 1.00 bits per heavy atom. The van der Waals surface area contributed by atoms with E-state index in [1.807, 2.05) is 0 Å². The van der Waals surface area contributed by atoms with Crippen LogP contribution in [-0.2, 0) is 19.4 Å². The highest BCUT2D eigenvalue weighted by atomic mass is 16.5. The van der Waals surface area contributed by atoms with E-state index in [4.69, 9.17) is 14.7 Å². The number of aryl methyl sites for hydroxylation is 1. The van der Waals surface area contributed by atoms with Gasteiger partial charge >= 0.3 is 0 Å². The number of fused-ring (bicyclic) bond motifs is 1. The zero-order valence-electron chi connectivity index (χ0n) is 20.9. The van der Waals surface area contributed by atoms with Gasteiger partial charge in [0, 0.05) is 32.2 Å². The molecule has 0 unspecified atom stereocenters. The molecule has 1 saturated carbocycles. The molecule has 1 fully saturated rings. The summed E-state index contributed by atoms with van der Waals surface area (Å²) >= 11 is 0. The number of hydrogen-bond donors (Lipinski definition) is 2. The van der Waals surface area contributed by atoms with Crippen LogP contribution in [0.3, 0.4) is 0 Å². The quantitative estimate of drug-likeness (QED) is 0.561. The van der Waals surface area contributed by atoms with E-state index in [0.29, 0.717) is 6.04 Å². The van der Waals surface area contributed by atoms with Crippen molar-refractivity contribution in [2.24, 2.45) is 5.92 Å². The molecule has 2 aliphatic carbocycles. The lowest BCUT2D eigenvalue weighted by Crippen LogP contribution is -2.32. The van der Waals surface area contributed by atoms with Gasteiger partial charge in [0.2, 0.25) is 5.95 Å². The second-order valence-electron chi connectivity index (χ2n) is 10.2. The zero-order valence-corrected chi connectivity index (χ0v) is 20.9. The first-order chi connectivity index (χ1) is 16.0. The molecular weight excluding hydrogens is 410 g/mol. The van der Waals surface area contributed by atoms with Gasteiger partial charge in [-0.3, -0.25) is 0 Å². The Balaban J connectivity index is 1.22. The standard InChI is InChI=1S/C27H41N5O/c1-19(2)33-23-15-11-21(12-16-23)18-28-17-20-9-13-22(14-10-20)29-27-30-25-8-6-5-7-24(25)26(31-27)32(3)4/h11-12,15-16,19-20,22,28H,5-10,13-14,17-18H2,1-4H3,(H,29,30,31)/t20-,22+. The van der Waals surface area contributed by atoms with E-state index in [-0.39, 0.29) is 6.10 Å². The minimum Gasteiger partial charge on any atom is -0.491 e. The van der Waals surface area contributed by atoms with E-state index >= 15 is 0 Å². The van der Waals surface area contributed by atoms with Crippen LogP contribution >= 0.6 is 0 Å². The summed E-state index contributed by atoms with van der Waals surface area (Å²) in [5.74, 6) is 3.61. The van der Waals surface area contributed by atoms with Crippen LogP contribution in [0.1, 0.15) is 69.2 Å². The van der Waals surface area contributed by atoms with Gasteiger partial charge in [-0.15, -0.1) is 0 Å². The van der Waals surface area contributed by atoms with Gasteiger partial charge in [-0.2, -0.15) is 4.98 Å². The molecule has 1 aromatic heterocycles. The van der Waals surface area contributed by atoms with Gasteiger partial charge in [0.1, 0.15) is 11.6 Å². The van der Waals surface area contributed by atoms with Crippen molar-refractivity contribution >= 4 is 11.8 Å². The zero-order chi connectivity index (χ0) is 23.2. The van der Waals surface area contributed by atoms with Crippen LogP contribution in [0.4, 0.5) is 11.8 Å². The normalized spacial score (nSPS) is 20.4. The van der Waals surface area contributed by atoms with Crippen molar-refractivity contribution in [2.45, 2.75) is 83.9 Å². The fourth-order valence-electron chi connectivity index (χ4n) is 5.08. The summed E-state index contributed by atoms with van der Waals surface area (Å²) < 4.78 is 5.73. The Morgan fingerprint density at radius 2 is 1.73 bits per heavy atom. The maximum atomic E-state index is 5.73. The maximum Gasteiger partial charge on any atom is 0.225 e. The summed E-state index contributed by atoms with van der Waals surface area (Å²) in [6, 6.07) is 8.93. The van der Waals surface area contributed by atoms with Crippen LogP contribution in [0.15, 0.2) is 24.3 Å². The Labute approximate surface area is 199 Å². The van der Waals surface area contributed by atoms with Crippen LogP contribution in [0.25, 0.3) is 0 Å². The molecule has 180 valence electrons. The molecule has 2 aliphatic rings. The average Bonchev–Trinajstić information content (AvgIpc) is 2.80. The van der Waals surface area contributed by atoms with E-state index in [9.17, 15) is 0 Å². The van der Waals surface area contributed by atoms with E-state index in [2.05, 4.69) is 67.7 Å². The lowest BCUT2D eigenvalue weighted by atomic mass is 9.86. The molecule has 2 aromatic rings. The third-order valence-corrected chi connectivity index (χ3v) is 6.82. The van der Waals surface area contributed by atoms with Gasteiger partial charge in [-0.1, -0.05) is 12.1 Å². The van der Waals surface area contributed by atoms with Crippen LogP contribution in [0.2, 0.25) is 0 Å². The van der Waals surface area contributed by atoms with Gasteiger partial charge in [0.15, 0.2) is 0 Å². The highest BCUT2D eigenvalue weighted by Crippen LogP contribution is 2.30. The van der Waals surface area contributed by atoms with Gasteiger partial charge < -0.3 is 20.3 Å². The smallest absolute Gasteiger partial charge is 0.225 e. The Hall–Kier alpha value is -2.34. The molecule has 1 aromatic carbocycles. The molecule has 0 radical (unpaired) electrons. The first kappa shape index (κ1) is 23.8. The Kier molecular flexibility index (Phi) is 8.07. The molecule has 0 amide bonds. The van der Waals surface area contributed by atoms with E-state index < -0.39 is 0 Å². The van der Waals surface area contributed by atoms with Crippen molar-refractivity contribution in [1.29, 1.82) is 0 Å². The van der Waals surface area contributed by atoms with Crippen LogP contribution in [-0.4, -0.2) is 42.8 Å². The summed E-state index contributed by atoms with van der Waals surface area (Å²) in [5.41, 5.74) is 3.92.